The van der Waals surface area contributed by atoms with E-state index >= 15 is 0 Å². The minimum absolute atomic E-state index is 0.109. The van der Waals surface area contributed by atoms with Crippen LogP contribution in [0.25, 0.3) is 0 Å². The molecule has 0 aliphatic rings. The zero-order chi connectivity index (χ0) is 15.5. The molecule has 1 aromatic rings. The lowest BCUT2D eigenvalue weighted by molar-refractivity contribution is -0.131. The minimum Gasteiger partial charge on any atom is -0.497 e. The third kappa shape index (κ3) is 6.42. The highest BCUT2D eigenvalue weighted by Gasteiger charge is 2.16. The van der Waals surface area contributed by atoms with E-state index in [4.69, 9.17) is 15.2 Å². The molecule has 0 fully saturated rings. The van der Waals surface area contributed by atoms with Crippen LogP contribution in [0.1, 0.15) is 12.0 Å². The number of hydrogen-bond donors (Lipinski definition) is 2. The number of hydrogen-bond acceptors (Lipinski definition) is 4. The van der Waals surface area contributed by atoms with Crippen molar-refractivity contribution < 1.29 is 14.3 Å². The summed E-state index contributed by atoms with van der Waals surface area (Å²) < 4.78 is 10.4. The van der Waals surface area contributed by atoms with E-state index in [0.29, 0.717) is 19.5 Å². The Morgan fingerprint density at radius 3 is 2.86 bits per heavy atom. The number of ether oxygens (including phenoxy) is 2. The van der Waals surface area contributed by atoms with Crippen LogP contribution < -0.4 is 15.8 Å². The lowest BCUT2D eigenvalue weighted by atomic mass is 10.1. The van der Waals surface area contributed by atoms with Gasteiger partial charge in [-0.3, -0.25) is 4.79 Å². The van der Waals surface area contributed by atoms with Crippen molar-refractivity contribution in [3.8, 4) is 5.75 Å². The predicted octanol–water partition coefficient (Wildman–Crippen LogP) is 1.27. The number of amides is 1. The molecule has 0 saturated carbocycles. The molecule has 0 radical (unpaired) electrons. The summed E-state index contributed by atoms with van der Waals surface area (Å²) in [7, 11) is 3.19. The molecule has 0 aliphatic carbocycles. The van der Waals surface area contributed by atoms with E-state index in [1.807, 2.05) is 30.3 Å². The molecule has 0 spiro atoms. The van der Waals surface area contributed by atoms with Gasteiger partial charge in [-0.2, -0.15) is 0 Å². The summed E-state index contributed by atoms with van der Waals surface area (Å²) in [5.41, 5.74) is 6.45. The van der Waals surface area contributed by atoms with Crippen molar-refractivity contribution in [2.75, 3.05) is 27.3 Å². The van der Waals surface area contributed by atoms with E-state index in [-0.39, 0.29) is 5.91 Å². The molecule has 1 atom stereocenters. The van der Waals surface area contributed by atoms with Crippen molar-refractivity contribution in [2.45, 2.75) is 18.9 Å². The maximum Gasteiger partial charge on any atom is 0.249 e. The molecule has 1 rings (SSSR count). The molecule has 0 heterocycles. The van der Waals surface area contributed by atoms with Crippen molar-refractivity contribution in [1.29, 1.82) is 0 Å². The number of nitrogens with two attached hydrogens (primary N) is 1. The van der Waals surface area contributed by atoms with Crippen molar-refractivity contribution >= 4 is 5.91 Å². The van der Waals surface area contributed by atoms with Crippen LogP contribution in [0.3, 0.4) is 0 Å². The van der Waals surface area contributed by atoms with Gasteiger partial charge in [-0.15, -0.1) is 0 Å². The molecule has 1 unspecified atom stereocenters. The highest BCUT2D eigenvalue weighted by Crippen LogP contribution is 2.15. The zero-order valence-corrected chi connectivity index (χ0v) is 12.7. The van der Waals surface area contributed by atoms with Crippen LogP contribution in [-0.2, 0) is 16.0 Å². The fraction of sp³-hybridized carbons (Fsp3) is 0.438. The van der Waals surface area contributed by atoms with Gasteiger partial charge in [0.2, 0.25) is 5.91 Å². The van der Waals surface area contributed by atoms with E-state index in [1.165, 1.54) is 0 Å². The molecule has 3 N–H and O–H groups in total. The summed E-state index contributed by atoms with van der Waals surface area (Å²) in [6.45, 7) is 0.939. The Labute approximate surface area is 126 Å². The Kier molecular flexibility index (Phi) is 8.16. The summed E-state index contributed by atoms with van der Waals surface area (Å²) in [6, 6.07) is 7.81. The molecule has 21 heavy (non-hydrogen) atoms. The number of carbonyl (C=O) groups excluding carboxylic acids is 1. The number of carbonyl (C=O) groups is 1. The first kappa shape index (κ1) is 17.2. The maximum atomic E-state index is 12.0. The van der Waals surface area contributed by atoms with Gasteiger partial charge in [0, 0.05) is 20.2 Å². The summed E-state index contributed by atoms with van der Waals surface area (Å²) >= 11 is 0. The number of benzene rings is 1. The third-order valence-electron chi connectivity index (χ3n) is 3.10. The van der Waals surface area contributed by atoms with E-state index in [2.05, 4.69) is 5.32 Å². The van der Waals surface area contributed by atoms with Crippen LogP contribution in [0, 0.1) is 0 Å². The van der Waals surface area contributed by atoms with Crippen LogP contribution in [0.15, 0.2) is 36.4 Å². The molecule has 0 aliphatic heterocycles. The summed E-state index contributed by atoms with van der Waals surface area (Å²) in [5.74, 6) is 0.708. The van der Waals surface area contributed by atoms with Crippen molar-refractivity contribution in [2.24, 2.45) is 5.73 Å². The van der Waals surface area contributed by atoms with Gasteiger partial charge in [-0.25, -0.2) is 0 Å². The van der Waals surface area contributed by atoms with Crippen molar-refractivity contribution in [1.82, 2.24) is 5.32 Å². The highest BCUT2D eigenvalue weighted by molar-refractivity contribution is 5.80. The Morgan fingerprint density at radius 1 is 1.38 bits per heavy atom. The standard InChI is InChI=1S/C16H24N2O3/c1-20-14-7-5-6-13(12-14)8-9-15(21-2)16(19)18-11-4-3-10-17/h3-7,12,15H,8-11,17H2,1-2H3,(H,18,19). The molecule has 0 saturated heterocycles. The normalized spacial score (nSPS) is 12.3. The van der Waals surface area contributed by atoms with Gasteiger partial charge >= 0.3 is 0 Å². The Bertz CT molecular complexity index is 461. The topological polar surface area (TPSA) is 73.6 Å². The summed E-state index contributed by atoms with van der Waals surface area (Å²) in [4.78, 5) is 12.0. The monoisotopic (exact) mass is 292 g/mol. The Hall–Kier alpha value is -1.85. The molecule has 5 nitrogen and oxygen atoms in total. The van der Waals surface area contributed by atoms with Gasteiger partial charge in [-0.05, 0) is 30.5 Å². The van der Waals surface area contributed by atoms with Gasteiger partial charge in [0.05, 0.1) is 7.11 Å². The third-order valence-corrected chi connectivity index (χ3v) is 3.10. The summed E-state index contributed by atoms with van der Waals surface area (Å²) in [5, 5.41) is 2.80. The molecule has 1 aromatic carbocycles. The second-order valence-corrected chi connectivity index (χ2v) is 4.57. The number of methoxy groups -OCH3 is 2. The molecule has 1 amide bonds. The quantitative estimate of drug-likeness (QED) is 0.672. The predicted molar refractivity (Wildman–Crippen MR) is 83.3 cm³/mol. The van der Waals surface area contributed by atoms with Gasteiger partial charge in [0.1, 0.15) is 11.9 Å². The lowest BCUT2D eigenvalue weighted by Crippen LogP contribution is -2.36. The van der Waals surface area contributed by atoms with Gasteiger partial charge < -0.3 is 20.5 Å². The molecular weight excluding hydrogens is 268 g/mol. The largest absolute Gasteiger partial charge is 0.497 e. The van der Waals surface area contributed by atoms with Crippen LogP contribution in [0.2, 0.25) is 0 Å². The van der Waals surface area contributed by atoms with Gasteiger partial charge in [0.15, 0.2) is 0 Å². The Morgan fingerprint density at radius 2 is 2.19 bits per heavy atom. The van der Waals surface area contributed by atoms with Crippen LogP contribution in [0.4, 0.5) is 0 Å². The van der Waals surface area contributed by atoms with E-state index < -0.39 is 6.10 Å². The fourth-order valence-corrected chi connectivity index (χ4v) is 1.93. The number of rotatable bonds is 9. The van der Waals surface area contributed by atoms with Crippen molar-refractivity contribution in [3.63, 3.8) is 0 Å². The van der Waals surface area contributed by atoms with E-state index in [9.17, 15) is 4.79 Å². The highest BCUT2D eigenvalue weighted by atomic mass is 16.5. The molecule has 0 bridgehead atoms. The first-order valence-electron chi connectivity index (χ1n) is 6.99. The molecule has 5 heteroatoms. The fourth-order valence-electron chi connectivity index (χ4n) is 1.93. The zero-order valence-electron chi connectivity index (χ0n) is 12.7. The van der Waals surface area contributed by atoms with E-state index in [1.54, 1.807) is 20.3 Å². The smallest absolute Gasteiger partial charge is 0.249 e. The van der Waals surface area contributed by atoms with Gasteiger partial charge in [0.25, 0.3) is 0 Å². The minimum atomic E-state index is -0.456. The number of nitrogens with one attached hydrogen (secondary N) is 1. The average molecular weight is 292 g/mol. The van der Waals surface area contributed by atoms with Crippen LogP contribution in [0.5, 0.6) is 5.75 Å². The second-order valence-electron chi connectivity index (χ2n) is 4.57. The SMILES string of the molecule is COc1cccc(CCC(OC)C(=O)NCC=CCN)c1. The van der Waals surface area contributed by atoms with Crippen LogP contribution >= 0.6 is 0 Å². The van der Waals surface area contributed by atoms with Crippen molar-refractivity contribution in [3.05, 3.63) is 42.0 Å². The molecule has 0 aromatic heterocycles. The maximum absolute atomic E-state index is 12.0. The lowest BCUT2D eigenvalue weighted by Gasteiger charge is -2.14. The number of aryl methyl sites for hydroxylation is 1. The molecule has 116 valence electrons. The average Bonchev–Trinajstić information content (AvgIpc) is 2.52. The van der Waals surface area contributed by atoms with Crippen LogP contribution in [-0.4, -0.2) is 39.3 Å². The first-order valence-corrected chi connectivity index (χ1v) is 6.99. The van der Waals surface area contributed by atoms with Gasteiger partial charge in [-0.1, -0.05) is 24.3 Å². The van der Waals surface area contributed by atoms with E-state index in [0.717, 1.165) is 17.7 Å². The second kappa shape index (κ2) is 9.96. The first-order chi connectivity index (χ1) is 10.2. The summed E-state index contributed by atoms with van der Waals surface area (Å²) in [6.07, 6.45) is 4.55. The molecular formula is C16H24N2O3. The Balaban J connectivity index is 2.45.